The summed E-state index contributed by atoms with van der Waals surface area (Å²) >= 11 is 1.83. The zero-order valence-electron chi connectivity index (χ0n) is 11.6. The van der Waals surface area contributed by atoms with Crippen molar-refractivity contribution in [3.8, 4) is 0 Å². The summed E-state index contributed by atoms with van der Waals surface area (Å²) in [5, 5.41) is 5.79. The molecule has 0 aliphatic rings. The van der Waals surface area contributed by atoms with Crippen LogP contribution in [0.15, 0.2) is 17.5 Å². The largest absolute Gasteiger partial charge is 0.379 e. The van der Waals surface area contributed by atoms with Gasteiger partial charge in [-0.25, -0.2) is 0 Å². The minimum atomic E-state index is -0.0377. The van der Waals surface area contributed by atoms with E-state index in [0.29, 0.717) is 12.0 Å². The van der Waals surface area contributed by atoms with Gasteiger partial charge in [0.1, 0.15) is 0 Å². The van der Waals surface area contributed by atoms with E-state index in [2.05, 4.69) is 50.5 Å². The van der Waals surface area contributed by atoms with E-state index >= 15 is 0 Å². The molecule has 17 heavy (non-hydrogen) atoms. The van der Waals surface area contributed by atoms with Crippen LogP contribution in [-0.2, 0) is 4.74 Å². The number of nitrogens with one attached hydrogen (secondary N) is 1. The zero-order chi connectivity index (χ0) is 12.9. The summed E-state index contributed by atoms with van der Waals surface area (Å²) in [5.74, 6) is 0.610. The first-order valence-corrected chi connectivity index (χ1v) is 7.16. The third-order valence-corrected chi connectivity index (χ3v) is 4.12. The molecule has 0 aromatic carbocycles. The Bertz CT molecular complexity index is 306. The predicted octanol–water partition coefficient (Wildman–Crippen LogP) is 3.85. The van der Waals surface area contributed by atoms with Crippen molar-refractivity contribution in [2.45, 2.75) is 45.8 Å². The maximum Gasteiger partial charge on any atom is 0.0634 e. The van der Waals surface area contributed by atoms with Gasteiger partial charge < -0.3 is 10.1 Å². The topological polar surface area (TPSA) is 21.3 Å². The minimum Gasteiger partial charge on any atom is -0.379 e. The molecule has 1 atom stereocenters. The fourth-order valence-electron chi connectivity index (χ4n) is 1.76. The maximum absolute atomic E-state index is 5.43. The molecule has 1 aromatic rings. The van der Waals surface area contributed by atoms with E-state index in [4.69, 9.17) is 4.74 Å². The van der Waals surface area contributed by atoms with E-state index in [0.717, 1.165) is 13.0 Å². The molecule has 1 heterocycles. The molecule has 1 aromatic heterocycles. The van der Waals surface area contributed by atoms with Gasteiger partial charge in [0.15, 0.2) is 0 Å². The lowest BCUT2D eigenvalue weighted by atomic mass is 10.0. The van der Waals surface area contributed by atoms with Crippen LogP contribution >= 0.6 is 11.3 Å². The van der Waals surface area contributed by atoms with E-state index < -0.39 is 0 Å². The van der Waals surface area contributed by atoms with Crippen LogP contribution in [0.2, 0.25) is 0 Å². The number of hydrogen-bond donors (Lipinski definition) is 1. The van der Waals surface area contributed by atoms with Crippen molar-refractivity contribution in [1.29, 1.82) is 0 Å². The molecule has 1 N–H and O–H groups in total. The molecule has 0 saturated heterocycles. The van der Waals surface area contributed by atoms with Crippen molar-refractivity contribution in [3.63, 3.8) is 0 Å². The monoisotopic (exact) mass is 255 g/mol. The zero-order valence-corrected chi connectivity index (χ0v) is 12.4. The van der Waals surface area contributed by atoms with Gasteiger partial charge in [-0.3, -0.25) is 0 Å². The standard InChI is InChI=1S/C14H25NOS/c1-11(2)13(12-7-6-10-17-12)15-9-8-14(3,4)16-5/h6-7,10-11,13,15H,8-9H2,1-5H3. The molecule has 0 aliphatic carbocycles. The van der Waals surface area contributed by atoms with Crippen molar-refractivity contribution < 1.29 is 4.74 Å². The van der Waals surface area contributed by atoms with Gasteiger partial charge >= 0.3 is 0 Å². The SMILES string of the molecule is COC(C)(C)CCNC(c1cccs1)C(C)C. The Labute approximate surface area is 109 Å². The maximum atomic E-state index is 5.43. The fourth-order valence-corrected chi connectivity index (χ4v) is 2.74. The van der Waals surface area contributed by atoms with Crippen LogP contribution in [0, 0.1) is 5.92 Å². The van der Waals surface area contributed by atoms with E-state index in [1.165, 1.54) is 4.88 Å². The van der Waals surface area contributed by atoms with Gasteiger partial charge in [-0.15, -0.1) is 11.3 Å². The highest BCUT2D eigenvalue weighted by Crippen LogP contribution is 2.26. The van der Waals surface area contributed by atoms with E-state index in [9.17, 15) is 0 Å². The molecule has 0 aliphatic heterocycles. The first-order chi connectivity index (χ1) is 7.96. The molecule has 0 radical (unpaired) electrons. The summed E-state index contributed by atoms with van der Waals surface area (Å²) in [6.07, 6.45) is 1.03. The third kappa shape index (κ3) is 4.78. The summed E-state index contributed by atoms with van der Waals surface area (Å²) in [6.45, 7) is 9.77. The van der Waals surface area contributed by atoms with Crippen LogP contribution in [-0.4, -0.2) is 19.3 Å². The van der Waals surface area contributed by atoms with Crippen molar-refractivity contribution >= 4 is 11.3 Å². The Morgan fingerprint density at radius 1 is 1.41 bits per heavy atom. The number of hydrogen-bond acceptors (Lipinski definition) is 3. The Morgan fingerprint density at radius 2 is 2.12 bits per heavy atom. The van der Waals surface area contributed by atoms with Gasteiger partial charge in [0.2, 0.25) is 0 Å². The fraction of sp³-hybridized carbons (Fsp3) is 0.714. The predicted molar refractivity (Wildman–Crippen MR) is 75.6 cm³/mol. The Kier molecular flexibility index (Phi) is 5.63. The molecule has 0 fully saturated rings. The summed E-state index contributed by atoms with van der Waals surface area (Å²) in [6, 6.07) is 4.79. The van der Waals surface area contributed by atoms with Gasteiger partial charge in [0, 0.05) is 18.0 Å². The number of ether oxygens (including phenoxy) is 1. The molecular formula is C14H25NOS. The van der Waals surface area contributed by atoms with Gasteiger partial charge in [-0.05, 0) is 44.2 Å². The minimum absolute atomic E-state index is 0.0377. The average Bonchev–Trinajstić information content (AvgIpc) is 2.77. The number of methoxy groups -OCH3 is 1. The van der Waals surface area contributed by atoms with Crippen LogP contribution in [0.4, 0.5) is 0 Å². The highest BCUT2D eigenvalue weighted by molar-refractivity contribution is 7.10. The molecule has 0 bridgehead atoms. The number of rotatable bonds is 7. The van der Waals surface area contributed by atoms with Gasteiger partial charge in [-0.2, -0.15) is 0 Å². The molecular weight excluding hydrogens is 230 g/mol. The second kappa shape index (κ2) is 6.53. The Morgan fingerprint density at radius 3 is 2.59 bits per heavy atom. The molecule has 98 valence electrons. The van der Waals surface area contributed by atoms with Crippen molar-refractivity contribution in [3.05, 3.63) is 22.4 Å². The second-order valence-corrected chi connectivity index (χ2v) is 6.38. The smallest absolute Gasteiger partial charge is 0.0634 e. The van der Waals surface area contributed by atoms with Crippen LogP contribution in [0.25, 0.3) is 0 Å². The lowest BCUT2D eigenvalue weighted by molar-refractivity contribution is 0.0150. The normalized spacial score (nSPS) is 14.2. The molecule has 3 heteroatoms. The lowest BCUT2D eigenvalue weighted by Crippen LogP contribution is -2.32. The number of thiophene rings is 1. The summed E-state index contributed by atoms with van der Waals surface area (Å²) < 4.78 is 5.43. The summed E-state index contributed by atoms with van der Waals surface area (Å²) in [5.41, 5.74) is -0.0377. The van der Waals surface area contributed by atoms with Gasteiger partial charge in [0.25, 0.3) is 0 Å². The third-order valence-electron chi connectivity index (χ3n) is 3.16. The van der Waals surface area contributed by atoms with Crippen molar-refractivity contribution in [2.24, 2.45) is 5.92 Å². The van der Waals surface area contributed by atoms with Crippen molar-refractivity contribution in [2.75, 3.05) is 13.7 Å². The van der Waals surface area contributed by atoms with Crippen LogP contribution < -0.4 is 5.32 Å². The molecule has 1 unspecified atom stereocenters. The molecule has 0 amide bonds. The highest BCUT2D eigenvalue weighted by Gasteiger charge is 2.19. The van der Waals surface area contributed by atoms with Crippen LogP contribution in [0.3, 0.4) is 0 Å². The Hall–Kier alpha value is -0.380. The second-order valence-electron chi connectivity index (χ2n) is 5.41. The highest BCUT2D eigenvalue weighted by atomic mass is 32.1. The first kappa shape index (κ1) is 14.7. The first-order valence-electron chi connectivity index (χ1n) is 6.28. The van der Waals surface area contributed by atoms with E-state index in [1.807, 2.05) is 11.3 Å². The molecule has 0 saturated carbocycles. The average molecular weight is 255 g/mol. The van der Waals surface area contributed by atoms with E-state index in [1.54, 1.807) is 7.11 Å². The summed E-state index contributed by atoms with van der Waals surface area (Å²) in [4.78, 5) is 1.43. The molecule has 1 rings (SSSR count). The van der Waals surface area contributed by atoms with Gasteiger partial charge in [-0.1, -0.05) is 19.9 Å². The van der Waals surface area contributed by atoms with E-state index in [-0.39, 0.29) is 5.60 Å². The van der Waals surface area contributed by atoms with Gasteiger partial charge in [0.05, 0.1) is 5.60 Å². The summed E-state index contributed by atoms with van der Waals surface area (Å²) in [7, 11) is 1.78. The van der Waals surface area contributed by atoms with Crippen LogP contribution in [0.5, 0.6) is 0 Å². The lowest BCUT2D eigenvalue weighted by Gasteiger charge is -2.26. The quantitative estimate of drug-likeness (QED) is 0.799. The molecule has 0 spiro atoms. The molecule has 2 nitrogen and oxygen atoms in total. The van der Waals surface area contributed by atoms with Crippen LogP contribution in [0.1, 0.15) is 45.0 Å². The Balaban J connectivity index is 2.47. The van der Waals surface area contributed by atoms with Crippen molar-refractivity contribution in [1.82, 2.24) is 5.32 Å².